The Kier molecular flexibility index (Phi) is 2.90. The first-order valence-corrected chi connectivity index (χ1v) is 4.61. The van der Waals surface area contributed by atoms with E-state index in [1.165, 1.54) is 5.57 Å². The van der Waals surface area contributed by atoms with Gasteiger partial charge in [0.05, 0.1) is 6.04 Å². The van der Waals surface area contributed by atoms with Crippen molar-refractivity contribution in [3.8, 4) is 0 Å². The van der Waals surface area contributed by atoms with Gasteiger partial charge in [-0.1, -0.05) is 27.7 Å². The predicted molar refractivity (Wildman–Crippen MR) is 53.2 cm³/mol. The van der Waals surface area contributed by atoms with Crippen LogP contribution in [0.5, 0.6) is 0 Å². The molecule has 12 heavy (non-hydrogen) atoms. The summed E-state index contributed by atoms with van der Waals surface area (Å²) in [4.78, 5) is 0. The minimum atomic E-state index is 0.426. The Labute approximate surface area is 74.7 Å². The zero-order chi connectivity index (χ0) is 9.14. The molecular weight excluding hydrogens is 148 g/mol. The van der Waals surface area contributed by atoms with Crippen molar-refractivity contribution in [2.24, 2.45) is 16.9 Å². The van der Waals surface area contributed by atoms with Crippen LogP contribution >= 0.6 is 0 Å². The fourth-order valence-electron chi connectivity index (χ4n) is 1.51. The normalized spacial score (nSPS) is 22.8. The topological polar surface area (TPSA) is 24.4 Å². The monoisotopic (exact) mass is 166 g/mol. The van der Waals surface area contributed by atoms with E-state index in [9.17, 15) is 0 Å². The number of hydrogen-bond acceptors (Lipinski definition) is 2. The molecule has 0 aromatic heterocycles. The first kappa shape index (κ1) is 9.30. The van der Waals surface area contributed by atoms with Crippen molar-refractivity contribution in [2.45, 2.75) is 33.7 Å². The third-order valence-electron chi connectivity index (χ3n) is 2.25. The maximum atomic E-state index is 4.06. The standard InChI is InChI=1S/C10H18N2/c1-7(2)9-5-6-11-12-10(9)8(3)4/h5-8,10,12H,1-4H3. The summed E-state index contributed by atoms with van der Waals surface area (Å²) >= 11 is 0. The summed E-state index contributed by atoms with van der Waals surface area (Å²) in [5, 5.41) is 4.06. The Balaban J connectivity index is 2.77. The third kappa shape index (κ3) is 1.87. The minimum absolute atomic E-state index is 0.426. The van der Waals surface area contributed by atoms with Crippen molar-refractivity contribution >= 4 is 6.21 Å². The van der Waals surface area contributed by atoms with E-state index in [2.05, 4.69) is 44.3 Å². The predicted octanol–water partition coefficient (Wildman–Crippen LogP) is 2.18. The molecule has 1 atom stereocenters. The molecule has 0 aromatic carbocycles. The van der Waals surface area contributed by atoms with Gasteiger partial charge in [0.25, 0.3) is 0 Å². The smallest absolute Gasteiger partial charge is 0.0678 e. The highest BCUT2D eigenvalue weighted by Crippen LogP contribution is 2.21. The molecule has 1 heterocycles. The molecule has 0 fully saturated rings. The molecule has 1 aliphatic rings. The number of hydrazone groups is 1. The number of rotatable bonds is 2. The second kappa shape index (κ2) is 3.74. The van der Waals surface area contributed by atoms with Gasteiger partial charge in [0.2, 0.25) is 0 Å². The molecule has 1 rings (SSSR count). The highest BCUT2D eigenvalue weighted by Gasteiger charge is 2.20. The van der Waals surface area contributed by atoms with E-state index in [0.717, 1.165) is 0 Å². The van der Waals surface area contributed by atoms with Crippen molar-refractivity contribution in [2.75, 3.05) is 0 Å². The largest absolute Gasteiger partial charge is 0.303 e. The van der Waals surface area contributed by atoms with E-state index >= 15 is 0 Å². The Morgan fingerprint density at radius 1 is 1.33 bits per heavy atom. The van der Waals surface area contributed by atoms with Crippen molar-refractivity contribution < 1.29 is 0 Å². The Morgan fingerprint density at radius 2 is 2.00 bits per heavy atom. The van der Waals surface area contributed by atoms with E-state index in [1.807, 2.05) is 6.21 Å². The Morgan fingerprint density at radius 3 is 2.42 bits per heavy atom. The zero-order valence-corrected chi connectivity index (χ0v) is 8.33. The van der Waals surface area contributed by atoms with Gasteiger partial charge in [-0.05, 0) is 23.5 Å². The number of allylic oxidation sites excluding steroid dienone is 1. The zero-order valence-electron chi connectivity index (χ0n) is 8.33. The summed E-state index contributed by atoms with van der Waals surface area (Å²) in [7, 11) is 0. The molecule has 2 nitrogen and oxygen atoms in total. The fraction of sp³-hybridized carbons (Fsp3) is 0.700. The lowest BCUT2D eigenvalue weighted by atomic mass is 9.88. The molecule has 1 aliphatic heterocycles. The molecule has 0 amide bonds. The van der Waals surface area contributed by atoms with Crippen molar-refractivity contribution in [1.29, 1.82) is 0 Å². The van der Waals surface area contributed by atoms with Crippen LogP contribution in [0.2, 0.25) is 0 Å². The molecule has 0 aliphatic carbocycles. The lowest BCUT2D eigenvalue weighted by Crippen LogP contribution is -2.35. The van der Waals surface area contributed by atoms with Crippen molar-refractivity contribution in [1.82, 2.24) is 5.43 Å². The van der Waals surface area contributed by atoms with Gasteiger partial charge in [-0.2, -0.15) is 5.10 Å². The quantitative estimate of drug-likeness (QED) is 0.668. The van der Waals surface area contributed by atoms with E-state index in [-0.39, 0.29) is 0 Å². The van der Waals surface area contributed by atoms with Crippen LogP contribution < -0.4 is 5.43 Å². The lowest BCUT2D eigenvalue weighted by Gasteiger charge is -2.28. The van der Waals surface area contributed by atoms with Gasteiger partial charge in [0.1, 0.15) is 0 Å². The summed E-state index contributed by atoms with van der Waals surface area (Å²) in [6.07, 6.45) is 3.97. The summed E-state index contributed by atoms with van der Waals surface area (Å²) < 4.78 is 0. The minimum Gasteiger partial charge on any atom is -0.303 e. The van der Waals surface area contributed by atoms with Crippen LogP contribution in [0.4, 0.5) is 0 Å². The molecule has 68 valence electrons. The fourth-order valence-corrected chi connectivity index (χ4v) is 1.51. The highest BCUT2D eigenvalue weighted by atomic mass is 15.3. The molecule has 0 aromatic rings. The lowest BCUT2D eigenvalue weighted by molar-refractivity contribution is 0.426. The molecule has 0 bridgehead atoms. The Bertz CT molecular complexity index is 202. The van der Waals surface area contributed by atoms with Gasteiger partial charge >= 0.3 is 0 Å². The van der Waals surface area contributed by atoms with Crippen LogP contribution in [0.15, 0.2) is 16.8 Å². The summed E-state index contributed by atoms with van der Waals surface area (Å²) in [6.45, 7) is 8.88. The van der Waals surface area contributed by atoms with Gasteiger partial charge in [-0.25, -0.2) is 0 Å². The van der Waals surface area contributed by atoms with Crippen LogP contribution in [-0.2, 0) is 0 Å². The van der Waals surface area contributed by atoms with Crippen LogP contribution in [0.25, 0.3) is 0 Å². The number of hydrogen-bond donors (Lipinski definition) is 1. The van der Waals surface area contributed by atoms with Crippen LogP contribution in [-0.4, -0.2) is 12.3 Å². The molecular formula is C10H18N2. The summed E-state index contributed by atoms with van der Waals surface area (Å²) in [6, 6.07) is 0.426. The maximum Gasteiger partial charge on any atom is 0.0678 e. The van der Waals surface area contributed by atoms with E-state index < -0.39 is 0 Å². The second-order valence-corrected chi connectivity index (χ2v) is 3.95. The van der Waals surface area contributed by atoms with Gasteiger partial charge < -0.3 is 5.43 Å². The van der Waals surface area contributed by atoms with Crippen LogP contribution in [0, 0.1) is 11.8 Å². The highest BCUT2D eigenvalue weighted by molar-refractivity contribution is 5.73. The molecule has 1 N–H and O–H groups in total. The molecule has 0 saturated heterocycles. The van der Waals surface area contributed by atoms with Crippen LogP contribution in [0.1, 0.15) is 27.7 Å². The average Bonchev–Trinajstić information content (AvgIpc) is 2.04. The Hall–Kier alpha value is -0.790. The van der Waals surface area contributed by atoms with E-state index in [0.29, 0.717) is 17.9 Å². The molecule has 2 heteroatoms. The van der Waals surface area contributed by atoms with Crippen molar-refractivity contribution in [3.63, 3.8) is 0 Å². The number of nitrogens with zero attached hydrogens (tertiary/aromatic N) is 1. The number of nitrogens with one attached hydrogen (secondary N) is 1. The second-order valence-electron chi connectivity index (χ2n) is 3.95. The molecule has 1 unspecified atom stereocenters. The van der Waals surface area contributed by atoms with Crippen LogP contribution in [0.3, 0.4) is 0 Å². The molecule has 0 saturated carbocycles. The summed E-state index contributed by atoms with van der Waals surface area (Å²) in [5.74, 6) is 1.22. The van der Waals surface area contributed by atoms with Gasteiger partial charge in [-0.15, -0.1) is 0 Å². The first-order valence-electron chi connectivity index (χ1n) is 4.61. The maximum absolute atomic E-state index is 4.06. The summed E-state index contributed by atoms with van der Waals surface area (Å²) in [5.41, 5.74) is 4.61. The van der Waals surface area contributed by atoms with Gasteiger partial charge in [0, 0.05) is 6.21 Å². The third-order valence-corrected chi connectivity index (χ3v) is 2.25. The molecule has 0 radical (unpaired) electrons. The first-order chi connectivity index (χ1) is 5.63. The molecule has 0 spiro atoms. The van der Waals surface area contributed by atoms with Gasteiger partial charge in [0.15, 0.2) is 0 Å². The SMILES string of the molecule is CC(C)C1=CC=NNC1C(C)C. The van der Waals surface area contributed by atoms with E-state index in [4.69, 9.17) is 0 Å². The van der Waals surface area contributed by atoms with Gasteiger partial charge in [-0.3, -0.25) is 0 Å². The van der Waals surface area contributed by atoms with Crippen molar-refractivity contribution in [3.05, 3.63) is 11.6 Å². The average molecular weight is 166 g/mol. The van der Waals surface area contributed by atoms with E-state index in [1.54, 1.807) is 0 Å².